The van der Waals surface area contributed by atoms with Gasteiger partial charge in [0.25, 0.3) is 0 Å². The predicted octanol–water partition coefficient (Wildman–Crippen LogP) is 0.402. The molecule has 11 heavy (non-hydrogen) atoms. The van der Waals surface area contributed by atoms with Crippen LogP contribution in [-0.2, 0) is 0 Å². The van der Waals surface area contributed by atoms with Crippen LogP contribution in [-0.4, -0.2) is 12.5 Å². The van der Waals surface area contributed by atoms with E-state index in [4.69, 9.17) is 9.44 Å². The van der Waals surface area contributed by atoms with E-state index in [1.165, 1.54) is 0 Å². The Kier molecular flexibility index (Phi) is 1.44. The minimum Gasteiger partial charge on any atom is -0.464 e. The maximum Gasteiger partial charge on any atom is 0.304 e. The normalized spacial score (nSPS) is 10.3. The third-order valence-corrected chi connectivity index (χ3v) is 1.70. The van der Waals surface area contributed by atoms with Crippen LogP contribution in [0.4, 0.5) is 0 Å². The maximum absolute atomic E-state index is 8.80. The zero-order valence-electron chi connectivity index (χ0n) is 5.95. The molecule has 2 rings (SSSR count). The fourth-order valence-corrected chi connectivity index (χ4v) is 1.11. The minimum atomic E-state index is 0.0844. The smallest absolute Gasteiger partial charge is 0.304 e. The molecule has 0 amide bonds. The van der Waals surface area contributed by atoms with Gasteiger partial charge in [0.2, 0.25) is 0 Å². The summed E-state index contributed by atoms with van der Waals surface area (Å²) in [6, 6.07) is 7.51. The molecule has 0 aliphatic carbocycles. The highest BCUT2D eigenvalue weighted by atomic mass is 16.3. The van der Waals surface area contributed by atoms with E-state index < -0.39 is 0 Å². The molecule has 1 aromatic heterocycles. The zero-order valence-corrected chi connectivity index (χ0v) is 5.95. The average molecular weight is 146 g/mol. The Morgan fingerprint density at radius 1 is 1.27 bits per heavy atom. The lowest BCUT2D eigenvalue weighted by Crippen LogP contribution is -2.11. The van der Waals surface area contributed by atoms with Crippen molar-refractivity contribution in [3.8, 4) is 0 Å². The molecule has 0 fully saturated rings. The van der Waals surface area contributed by atoms with Crippen molar-refractivity contribution in [2.75, 3.05) is 0 Å². The van der Waals surface area contributed by atoms with Crippen LogP contribution in [0.1, 0.15) is 0 Å². The monoisotopic (exact) mass is 146 g/mol. The van der Waals surface area contributed by atoms with Crippen molar-refractivity contribution in [1.82, 2.24) is 0 Å². The van der Waals surface area contributed by atoms with Crippen LogP contribution in [0.5, 0.6) is 0 Å². The number of benzene rings is 1. The Bertz CT molecular complexity index is 367. The van der Waals surface area contributed by atoms with Crippen molar-refractivity contribution < 1.29 is 9.44 Å². The molecule has 0 atom stereocenters. The lowest BCUT2D eigenvalue weighted by Gasteiger charge is -1.91. The van der Waals surface area contributed by atoms with E-state index in [-0.39, 0.29) is 7.48 Å². The molecule has 0 unspecified atom stereocenters. The third kappa shape index (κ3) is 1.03. The van der Waals surface area contributed by atoms with Gasteiger partial charge >= 0.3 is 7.48 Å². The molecule has 0 saturated carbocycles. The van der Waals surface area contributed by atoms with E-state index in [1.54, 1.807) is 6.26 Å². The standard InChI is InChI=1S/C8H7BO2/c10-9-7-1-2-8-6(5-7)3-4-11-8/h1-5,9-10H. The van der Waals surface area contributed by atoms with Gasteiger partial charge in [0.1, 0.15) is 5.58 Å². The van der Waals surface area contributed by atoms with E-state index in [0.717, 1.165) is 16.4 Å². The molecule has 2 nitrogen and oxygen atoms in total. The van der Waals surface area contributed by atoms with E-state index in [0.29, 0.717) is 0 Å². The molecule has 1 N–H and O–H groups in total. The van der Waals surface area contributed by atoms with Gasteiger partial charge in [-0.15, -0.1) is 0 Å². The molecule has 0 spiro atoms. The Labute approximate surface area is 64.7 Å². The van der Waals surface area contributed by atoms with Crippen molar-refractivity contribution in [2.45, 2.75) is 0 Å². The summed E-state index contributed by atoms with van der Waals surface area (Å²) in [5, 5.41) is 9.84. The van der Waals surface area contributed by atoms with Gasteiger partial charge in [0.15, 0.2) is 0 Å². The highest BCUT2D eigenvalue weighted by molar-refractivity contribution is 6.45. The molecular formula is C8H7BO2. The summed E-state index contributed by atoms with van der Waals surface area (Å²) < 4.78 is 5.14. The van der Waals surface area contributed by atoms with Crippen LogP contribution in [0.3, 0.4) is 0 Å². The summed E-state index contributed by atoms with van der Waals surface area (Å²) in [7, 11) is 0.0844. The summed E-state index contributed by atoms with van der Waals surface area (Å²) in [6.45, 7) is 0. The predicted molar refractivity (Wildman–Crippen MR) is 45.2 cm³/mol. The van der Waals surface area contributed by atoms with Gasteiger partial charge in [-0.2, -0.15) is 0 Å². The lowest BCUT2D eigenvalue weighted by molar-refractivity contribution is 0.614. The zero-order chi connectivity index (χ0) is 7.68. The molecule has 0 bridgehead atoms. The minimum absolute atomic E-state index is 0.0844. The molecule has 0 aliphatic heterocycles. The van der Waals surface area contributed by atoms with E-state index in [9.17, 15) is 0 Å². The summed E-state index contributed by atoms with van der Waals surface area (Å²) in [5.41, 5.74) is 1.78. The highest BCUT2D eigenvalue weighted by Crippen LogP contribution is 2.11. The van der Waals surface area contributed by atoms with Crippen LogP contribution in [0.15, 0.2) is 34.9 Å². The Balaban J connectivity index is 2.67. The van der Waals surface area contributed by atoms with Crippen LogP contribution < -0.4 is 5.46 Å². The van der Waals surface area contributed by atoms with Crippen LogP contribution in [0.25, 0.3) is 11.0 Å². The lowest BCUT2D eigenvalue weighted by atomic mass is 9.88. The van der Waals surface area contributed by atoms with E-state index >= 15 is 0 Å². The first-order chi connectivity index (χ1) is 5.40. The second kappa shape index (κ2) is 2.44. The first-order valence-electron chi connectivity index (χ1n) is 3.47. The fourth-order valence-electron chi connectivity index (χ4n) is 1.11. The van der Waals surface area contributed by atoms with Gasteiger partial charge < -0.3 is 9.44 Å². The summed E-state index contributed by atoms with van der Waals surface area (Å²) >= 11 is 0. The second-order valence-electron chi connectivity index (χ2n) is 2.45. The Hall–Kier alpha value is -1.22. The Morgan fingerprint density at radius 2 is 2.18 bits per heavy atom. The largest absolute Gasteiger partial charge is 0.464 e. The van der Waals surface area contributed by atoms with Gasteiger partial charge in [-0.3, -0.25) is 0 Å². The van der Waals surface area contributed by atoms with Gasteiger partial charge in [0, 0.05) is 5.39 Å². The molecule has 54 valence electrons. The third-order valence-electron chi connectivity index (χ3n) is 1.70. The maximum atomic E-state index is 8.80. The number of furan rings is 1. The number of rotatable bonds is 1. The van der Waals surface area contributed by atoms with E-state index in [1.807, 2.05) is 24.3 Å². The molecule has 2 aromatic rings. The molecule has 0 saturated heterocycles. The number of hydrogen-bond donors (Lipinski definition) is 1. The van der Waals surface area contributed by atoms with Crippen molar-refractivity contribution in [3.63, 3.8) is 0 Å². The average Bonchev–Trinajstić information content (AvgIpc) is 2.50. The first-order valence-corrected chi connectivity index (χ1v) is 3.47. The van der Waals surface area contributed by atoms with Crippen LogP contribution >= 0.6 is 0 Å². The molecule has 0 aliphatic rings. The molecule has 1 aromatic carbocycles. The Morgan fingerprint density at radius 3 is 3.00 bits per heavy atom. The quantitative estimate of drug-likeness (QED) is 0.590. The number of fused-ring (bicyclic) bond motifs is 1. The van der Waals surface area contributed by atoms with Crippen LogP contribution in [0.2, 0.25) is 0 Å². The summed E-state index contributed by atoms with van der Waals surface area (Å²) in [6.07, 6.45) is 1.64. The molecule has 3 heteroatoms. The van der Waals surface area contributed by atoms with Crippen LogP contribution in [0, 0.1) is 0 Å². The van der Waals surface area contributed by atoms with Gasteiger partial charge in [-0.05, 0) is 12.1 Å². The van der Waals surface area contributed by atoms with Crippen molar-refractivity contribution in [1.29, 1.82) is 0 Å². The van der Waals surface area contributed by atoms with Crippen molar-refractivity contribution in [2.24, 2.45) is 0 Å². The summed E-state index contributed by atoms with van der Waals surface area (Å²) in [4.78, 5) is 0. The molecule has 0 radical (unpaired) electrons. The number of hydrogen-bond acceptors (Lipinski definition) is 2. The van der Waals surface area contributed by atoms with Gasteiger partial charge in [0.05, 0.1) is 6.26 Å². The first kappa shape index (κ1) is 6.49. The molecular weight excluding hydrogens is 139 g/mol. The second-order valence-corrected chi connectivity index (χ2v) is 2.45. The fraction of sp³-hybridized carbons (Fsp3) is 0. The van der Waals surface area contributed by atoms with E-state index in [2.05, 4.69) is 0 Å². The van der Waals surface area contributed by atoms with Gasteiger partial charge in [-0.1, -0.05) is 17.6 Å². The topological polar surface area (TPSA) is 33.4 Å². The SMILES string of the molecule is OBc1ccc2occc2c1. The highest BCUT2D eigenvalue weighted by Gasteiger charge is 1.97. The van der Waals surface area contributed by atoms with Crippen molar-refractivity contribution >= 4 is 23.9 Å². The molecule has 1 heterocycles. The summed E-state index contributed by atoms with van der Waals surface area (Å²) in [5.74, 6) is 0. The van der Waals surface area contributed by atoms with Gasteiger partial charge in [-0.25, -0.2) is 0 Å². The van der Waals surface area contributed by atoms with Crippen molar-refractivity contribution in [3.05, 3.63) is 30.5 Å².